The highest BCUT2D eigenvalue weighted by Crippen LogP contribution is 2.23. The van der Waals surface area contributed by atoms with Crippen LogP contribution in [-0.2, 0) is 26.2 Å². The molecule has 184 valence electrons. The molecule has 1 fully saturated rings. The maximum absolute atomic E-state index is 13.0. The van der Waals surface area contributed by atoms with Gasteiger partial charge >= 0.3 is 11.9 Å². The molecule has 4 rings (SSSR count). The number of carboxylic acid groups (broad SMARTS) is 2. The number of carboxylic acids is 2. The van der Waals surface area contributed by atoms with Gasteiger partial charge in [-0.3, -0.25) is 15.0 Å². The summed E-state index contributed by atoms with van der Waals surface area (Å²) in [6, 6.07) is 19.4. The molecule has 1 aliphatic heterocycles. The van der Waals surface area contributed by atoms with Gasteiger partial charge in [-0.05, 0) is 28.5 Å². The van der Waals surface area contributed by atoms with E-state index in [0.717, 1.165) is 16.3 Å². The lowest BCUT2D eigenvalue weighted by atomic mass is 10.1. The van der Waals surface area contributed by atoms with Crippen molar-refractivity contribution in [3.05, 3.63) is 82.4 Å². The number of carbonyl (C=O) groups is 2. The topological polar surface area (TPSA) is 158 Å². The van der Waals surface area contributed by atoms with Crippen LogP contribution >= 0.6 is 0 Å². The van der Waals surface area contributed by atoms with Crippen molar-refractivity contribution in [1.29, 1.82) is 0 Å². The number of hydrogen-bond acceptors (Lipinski definition) is 7. The average molecular weight is 502 g/mol. The number of nitrogens with zero attached hydrogens (tertiary/aromatic N) is 3. The van der Waals surface area contributed by atoms with E-state index < -0.39 is 26.9 Å². The van der Waals surface area contributed by atoms with E-state index in [2.05, 4.69) is 4.90 Å². The fourth-order valence-electron chi connectivity index (χ4n) is 3.59. The largest absolute Gasteiger partial charge is 0.473 e. The molecule has 3 aromatic rings. The molecule has 12 heteroatoms. The van der Waals surface area contributed by atoms with Crippen LogP contribution in [-0.4, -0.2) is 70.9 Å². The number of benzene rings is 3. The van der Waals surface area contributed by atoms with Gasteiger partial charge in [0.2, 0.25) is 10.0 Å². The van der Waals surface area contributed by atoms with Crippen LogP contribution in [0.2, 0.25) is 0 Å². The summed E-state index contributed by atoms with van der Waals surface area (Å²) in [6.07, 6.45) is 0. The summed E-state index contributed by atoms with van der Waals surface area (Å²) in [7, 11) is -3.53. The molecule has 0 unspecified atom stereocenters. The van der Waals surface area contributed by atoms with E-state index >= 15 is 0 Å². The van der Waals surface area contributed by atoms with Crippen molar-refractivity contribution in [2.45, 2.75) is 11.4 Å². The Labute approximate surface area is 201 Å². The highest BCUT2D eigenvalue weighted by atomic mass is 32.2. The highest BCUT2D eigenvalue weighted by Gasteiger charge is 2.28. The molecular formula is C23H23N3O8S. The van der Waals surface area contributed by atoms with E-state index in [1.54, 1.807) is 24.3 Å². The average Bonchev–Trinajstić information content (AvgIpc) is 2.84. The summed E-state index contributed by atoms with van der Waals surface area (Å²) in [5.74, 6) is -3.65. The molecule has 35 heavy (non-hydrogen) atoms. The molecule has 0 radical (unpaired) electrons. The summed E-state index contributed by atoms with van der Waals surface area (Å²) in [5.41, 5.74) is 1.04. The monoisotopic (exact) mass is 501 g/mol. The second kappa shape index (κ2) is 11.0. The number of piperazine rings is 1. The molecule has 1 heterocycles. The van der Waals surface area contributed by atoms with Gasteiger partial charge in [0.25, 0.3) is 5.69 Å². The summed E-state index contributed by atoms with van der Waals surface area (Å²) < 4.78 is 27.6. The summed E-state index contributed by atoms with van der Waals surface area (Å²) >= 11 is 0. The van der Waals surface area contributed by atoms with Gasteiger partial charge in [-0.1, -0.05) is 42.5 Å². The van der Waals surface area contributed by atoms with Crippen LogP contribution in [0.4, 0.5) is 5.69 Å². The number of sulfonamides is 1. The third-order valence-corrected chi connectivity index (χ3v) is 7.32. The van der Waals surface area contributed by atoms with Gasteiger partial charge in [0.05, 0.1) is 9.82 Å². The molecule has 0 bridgehead atoms. The Bertz CT molecular complexity index is 1320. The van der Waals surface area contributed by atoms with Crippen molar-refractivity contribution in [2.24, 2.45) is 0 Å². The quantitative estimate of drug-likeness (QED) is 0.304. The lowest BCUT2D eigenvalue weighted by Crippen LogP contribution is -2.48. The molecule has 0 atom stereocenters. The van der Waals surface area contributed by atoms with E-state index in [-0.39, 0.29) is 5.69 Å². The molecule has 0 aromatic heterocycles. The zero-order valence-corrected chi connectivity index (χ0v) is 19.3. The zero-order chi connectivity index (χ0) is 25.6. The highest BCUT2D eigenvalue weighted by molar-refractivity contribution is 7.89. The van der Waals surface area contributed by atoms with Gasteiger partial charge in [-0.2, -0.15) is 4.31 Å². The Hall–Kier alpha value is -3.87. The summed E-state index contributed by atoms with van der Waals surface area (Å²) in [5, 5.41) is 27.5. The summed E-state index contributed by atoms with van der Waals surface area (Å²) in [6.45, 7) is 2.71. The van der Waals surface area contributed by atoms with Gasteiger partial charge in [-0.15, -0.1) is 0 Å². The number of rotatable bonds is 5. The van der Waals surface area contributed by atoms with Crippen LogP contribution in [0.3, 0.4) is 0 Å². The first-order chi connectivity index (χ1) is 16.6. The van der Waals surface area contributed by atoms with Gasteiger partial charge < -0.3 is 10.2 Å². The van der Waals surface area contributed by atoms with Gasteiger partial charge in [0.15, 0.2) is 0 Å². The van der Waals surface area contributed by atoms with Crippen molar-refractivity contribution >= 4 is 38.4 Å². The van der Waals surface area contributed by atoms with Crippen LogP contribution < -0.4 is 0 Å². The van der Waals surface area contributed by atoms with Crippen LogP contribution in [0.1, 0.15) is 5.56 Å². The van der Waals surface area contributed by atoms with Crippen LogP contribution in [0.5, 0.6) is 0 Å². The maximum Gasteiger partial charge on any atom is 0.414 e. The number of fused-ring (bicyclic) bond motifs is 1. The van der Waals surface area contributed by atoms with Crippen molar-refractivity contribution < 1.29 is 33.1 Å². The van der Waals surface area contributed by atoms with Crippen molar-refractivity contribution in [3.8, 4) is 0 Å². The number of nitro groups is 1. The van der Waals surface area contributed by atoms with Gasteiger partial charge in [-0.25, -0.2) is 18.0 Å². The van der Waals surface area contributed by atoms with Crippen molar-refractivity contribution in [1.82, 2.24) is 9.21 Å². The van der Waals surface area contributed by atoms with Gasteiger partial charge in [0.1, 0.15) is 0 Å². The third kappa shape index (κ3) is 6.59. The first-order valence-corrected chi connectivity index (χ1v) is 11.9. The molecule has 2 N–H and O–H groups in total. The minimum Gasteiger partial charge on any atom is -0.473 e. The molecule has 0 aliphatic carbocycles. The predicted molar refractivity (Wildman–Crippen MR) is 126 cm³/mol. The van der Waals surface area contributed by atoms with Crippen LogP contribution in [0, 0.1) is 10.1 Å². The van der Waals surface area contributed by atoms with E-state index in [4.69, 9.17) is 19.8 Å². The minimum atomic E-state index is -3.53. The SMILES string of the molecule is O=C(O)C(=O)O.O=[N+]([O-])c1ccc(CN2CCN(S(=O)(=O)c3ccc4ccccc4c3)CC2)cc1. The molecule has 0 amide bonds. The predicted octanol–water partition coefficient (Wildman–Crippen LogP) is 2.41. The normalized spacial score (nSPS) is 14.6. The van der Waals surface area contributed by atoms with Crippen molar-refractivity contribution in [2.75, 3.05) is 26.2 Å². The van der Waals surface area contributed by atoms with E-state index in [1.807, 2.05) is 30.3 Å². The maximum atomic E-state index is 13.0. The standard InChI is InChI=1S/C21H21N3O4S.C2H2O4/c25-24(26)20-8-5-17(6-9-20)16-22-11-13-23(14-12-22)29(27,28)21-10-7-18-3-1-2-4-19(18)15-21;3-1(4)2(5)6/h1-10,15H,11-14,16H2;(H,3,4)(H,5,6). The van der Waals surface area contributed by atoms with Crippen LogP contribution in [0.15, 0.2) is 71.6 Å². The van der Waals surface area contributed by atoms with Crippen molar-refractivity contribution in [3.63, 3.8) is 0 Å². The Morgan fingerprint density at radius 1 is 0.857 bits per heavy atom. The second-order valence-corrected chi connectivity index (χ2v) is 9.66. The second-order valence-electron chi connectivity index (χ2n) is 7.72. The van der Waals surface area contributed by atoms with E-state index in [1.165, 1.54) is 16.4 Å². The number of nitro benzene ring substituents is 1. The number of aliphatic carboxylic acids is 2. The lowest BCUT2D eigenvalue weighted by molar-refractivity contribution is -0.384. The molecule has 3 aromatic carbocycles. The molecule has 11 nitrogen and oxygen atoms in total. The molecule has 0 spiro atoms. The zero-order valence-electron chi connectivity index (χ0n) is 18.5. The fourth-order valence-corrected chi connectivity index (χ4v) is 5.04. The smallest absolute Gasteiger partial charge is 0.414 e. The Balaban J connectivity index is 0.000000509. The third-order valence-electron chi connectivity index (χ3n) is 5.43. The summed E-state index contributed by atoms with van der Waals surface area (Å²) in [4.78, 5) is 31.0. The van der Waals surface area contributed by atoms with Gasteiger partial charge in [0, 0.05) is 44.9 Å². The van der Waals surface area contributed by atoms with Crippen LogP contribution in [0.25, 0.3) is 10.8 Å². The first-order valence-electron chi connectivity index (χ1n) is 10.5. The first kappa shape index (κ1) is 25.7. The van der Waals surface area contributed by atoms with E-state index in [0.29, 0.717) is 37.6 Å². The Morgan fingerprint density at radius 3 is 1.97 bits per heavy atom. The Morgan fingerprint density at radius 2 is 1.43 bits per heavy atom. The molecule has 0 saturated carbocycles. The number of non-ortho nitro benzene ring substituents is 1. The number of hydrogen-bond donors (Lipinski definition) is 2. The Kier molecular flexibility index (Phi) is 8.12. The lowest BCUT2D eigenvalue weighted by Gasteiger charge is -2.34. The fraction of sp³-hybridized carbons (Fsp3) is 0.217. The molecular weight excluding hydrogens is 478 g/mol. The van der Waals surface area contributed by atoms with E-state index in [9.17, 15) is 18.5 Å². The minimum absolute atomic E-state index is 0.0695. The molecule has 1 saturated heterocycles. The molecule has 1 aliphatic rings.